The van der Waals surface area contributed by atoms with Crippen molar-refractivity contribution in [1.29, 1.82) is 0 Å². The van der Waals surface area contributed by atoms with Gasteiger partial charge in [-0.3, -0.25) is 4.98 Å². The van der Waals surface area contributed by atoms with Crippen LogP contribution >= 0.6 is 0 Å². The van der Waals surface area contributed by atoms with Crippen molar-refractivity contribution in [3.8, 4) is 33.9 Å². The van der Waals surface area contributed by atoms with Crippen LogP contribution in [0.25, 0.3) is 44.2 Å². The fraction of sp³-hybridized carbons (Fsp3) is 0.233. The largest absolute Gasteiger partial charge is 0.497 e. The van der Waals surface area contributed by atoms with Crippen molar-refractivity contribution in [3.05, 3.63) is 121 Å². The minimum atomic E-state index is 0.792. The number of aromatic nitrogens is 4. The summed E-state index contributed by atoms with van der Waals surface area (Å²) in [6.45, 7) is 3.05. The summed E-state index contributed by atoms with van der Waals surface area (Å²) in [5.74, 6) is 1.63. The number of aryl methyl sites for hydroxylation is 1. The van der Waals surface area contributed by atoms with Gasteiger partial charge >= 0.3 is 0 Å². The number of nitrogens with zero attached hydrogens (tertiary/aromatic N) is 5. The molecule has 0 N–H and O–H groups in total. The molecular formula is C43H43N5O2. The van der Waals surface area contributed by atoms with E-state index in [-0.39, 0.29) is 0 Å². The minimum Gasteiger partial charge on any atom is -0.497 e. The van der Waals surface area contributed by atoms with E-state index in [1.807, 2.05) is 35.3 Å². The summed E-state index contributed by atoms with van der Waals surface area (Å²) in [6, 6.07) is 39.7. The Labute approximate surface area is 294 Å². The number of ether oxygens (including phenoxy) is 2. The van der Waals surface area contributed by atoms with E-state index in [0.29, 0.717) is 0 Å². The number of pyridine rings is 1. The van der Waals surface area contributed by atoms with Crippen molar-refractivity contribution in [2.75, 3.05) is 19.1 Å². The quantitative estimate of drug-likeness (QED) is 0.108. The third-order valence-corrected chi connectivity index (χ3v) is 9.32. The molecule has 0 unspecified atom stereocenters. The Morgan fingerprint density at radius 2 is 1.14 bits per heavy atom. The molecule has 5 aromatic carbocycles. The zero-order valence-corrected chi connectivity index (χ0v) is 29.0. The van der Waals surface area contributed by atoms with E-state index in [9.17, 15) is 0 Å². The smallest absolute Gasteiger partial charge is 0.123 e. The fourth-order valence-electron chi connectivity index (χ4n) is 6.63. The second kappa shape index (κ2) is 15.2. The molecular weight excluding hydrogens is 619 g/mol. The number of methoxy groups -OCH3 is 2. The van der Waals surface area contributed by atoms with Gasteiger partial charge in [-0.05, 0) is 90.2 Å². The van der Waals surface area contributed by atoms with Crippen LogP contribution < -0.4 is 14.4 Å². The van der Waals surface area contributed by atoms with Gasteiger partial charge in [0.05, 0.1) is 26.5 Å². The van der Waals surface area contributed by atoms with Crippen molar-refractivity contribution in [2.24, 2.45) is 0 Å². The van der Waals surface area contributed by atoms with Crippen LogP contribution in [0.15, 0.2) is 121 Å². The predicted molar refractivity (Wildman–Crippen MR) is 205 cm³/mol. The molecule has 7 heteroatoms. The molecule has 0 aliphatic rings. The van der Waals surface area contributed by atoms with Crippen LogP contribution in [0.3, 0.4) is 0 Å². The van der Waals surface area contributed by atoms with Crippen molar-refractivity contribution >= 4 is 38.9 Å². The lowest BCUT2D eigenvalue weighted by atomic mass is 9.97. The van der Waals surface area contributed by atoms with Crippen LogP contribution in [-0.2, 0) is 6.54 Å². The molecule has 0 amide bonds. The Hall–Kier alpha value is -5.69. The number of rotatable bonds is 14. The van der Waals surface area contributed by atoms with Gasteiger partial charge in [-0.25, -0.2) is 0 Å². The van der Waals surface area contributed by atoms with E-state index in [1.165, 1.54) is 32.1 Å². The summed E-state index contributed by atoms with van der Waals surface area (Å²) in [6.07, 6.45) is 9.21. The van der Waals surface area contributed by atoms with Gasteiger partial charge in [0.25, 0.3) is 0 Å². The molecule has 7 aromatic rings. The first-order valence-corrected chi connectivity index (χ1v) is 17.6. The SMILES string of the molecule is CCCCCCCCn1nc2c(-c3ccc(N(c4ccc(OC)cc4)c4ccc(OC)cc4)cc3)ccc(-c3nccc4ccccc34)c2n1. The summed E-state index contributed by atoms with van der Waals surface area (Å²) in [5.41, 5.74) is 8.89. The normalized spacial score (nSPS) is 11.3. The van der Waals surface area contributed by atoms with E-state index < -0.39 is 0 Å². The molecule has 0 saturated carbocycles. The van der Waals surface area contributed by atoms with Gasteiger partial charge in [-0.2, -0.15) is 15.0 Å². The third-order valence-electron chi connectivity index (χ3n) is 9.32. The lowest BCUT2D eigenvalue weighted by Gasteiger charge is -2.26. The highest BCUT2D eigenvalue weighted by atomic mass is 16.5. The molecule has 0 saturated heterocycles. The fourth-order valence-corrected chi connectivity index (χ4v) is 6.63. The first-order chi connectivity index (χ1) is 24.7. The van der Waals surface area contributed by atoms with Gasteiger partial charge in [0, 0.05) is 39.8 Å². The maximum atomic E-state index is 5.44. The molecule has 2 heterocycles. The number of hydrogen-bond donors (Lipinski definition) is 0. The highest BCUT2D eigenvalue weighted by Gasteiger charge is 2.19. The van der Waals surface area contributed by atoms with Gasteiger partial charge in [0.2, 0.25) is 0 Å². The number of anilines is 3. The Kier molecular flexibility index (Phi) is 10.0. The van der Waals surface area contributed by atoms with Crippen molar-refractivity contribution < 1.29 is 9.47 Å². The minimum absolute atomic E-state index is 0.792. The monoisotopic (exact) mass is 661 g/mol. The molecule has 7 rings (SSSR count). The van der Waals surface area contributed by atoms with Crippen LogP contribution in [0, 0.1) is 0 Å². The molecule has 0 aliphatic carbocycles. The number of unbranched alkanes of at least 4 members (excludes halogenated alkanes) is 5. The Morgan fingerprint density at radius 1 is 0.580 bits per heavy atom. The van der Waals surface area contributed by atoms with Crippen LogP contribution in [0.5, 0.6) is 11.5 Å². The first kappa shape index (κ1) is 32.8. The number of fused-ring (bicyclic) bond motifs is 2. The summed E-state index contributed by atoms with van der Waals surface area (Å²) >= 11 is 0. The number of benzene rings is 5. The molecule has 7 nitrogen and oxygen atoms in total. The molecule has 252 valence electrons. The summed E-state index contributed by atoms with van der Waals surface area (Å²) in [7, 11) is 3.37. The second-order valence-corrected chi connectivity index (χ2v) is 12.6. The Morgan fingerprint density at radius 3 is 1.78 bits per heavy atom. The predicted octanol–water partition coefficient (Wildman–Crippen LogP) is 11.2. The number of hydrogen-bond acceptors (Lipinski definition) is 6. The average molecular weight is 662 g/mol. The van der Waals surface area contributed by atoms with Gasteiger partial charge in [0.1, 0.15) is 22.5 Å². The summed E-state index contributed by atoms with van der Waals surface area (Å²) in [4.78, 5) is 8.98. The first-order valence-electron chi connectivity index (χ1n) is 17.6. The van der Waals surface area contributed by atoms with Crippen LogP contribution in [0.4, 0.5) is 17.1 Å². The van der Waals surface area contributed by atoms with Gasteiger partial charge in [0.15, 0.2) is 0 Å². The van der Waals surface area contributed by atoms with Gasteiger partial charge < -0.3 is 14.4 Å². The van der Waals surface area contributed by atoms with Crippen LogP contribution in [0.1, 0.15) is 45.4 Å². The topological polar surface area (TPSA) is 65.3 Å². The Bertz CT molecular complexity index is 2120. The van der Waals surface area contributed by atoms with E-state index in [0.717, 1.165) is 85.7 Å². The third kappa shape index (κ3) is 6.90. The van der Waals surface area contributed by atoms with E-state index in [1.54, 1.807) is 14.2 Å². The molecule has 2 aromatic heterocycles. The van der Waals surface area contributed by atoms with Gasteiger partial charge in [-0.15, -0.1) is 0 Å². The van der Waals surface area contributed by atoms with Crippen molar-refractivity contribution in [1.82, 2.24) is 20.0 Å². The molecule has 0 aliphatic heterocycles. The van der Waals surface area contributed by atoms with Crippen LogP contribution in [-0.4, -0.2) is 34.2 Å². The summed E-state index contributed by atoms with van der Waals surface area (Å²) < 4.78 is 10.9. The highest BCUT2D eigenvalue weighted by molar-refractivity contribution is 6.05. The molecule has 0 fully saturated rings. The average Bonchev–Trinajstić information content (AvgIpc) is 3.61. The Balaban J connectivity index is 1.27. The molecule has 50 heavy (non-hydrogen) atoms. The van der Waals surface area contributed by atoms with Gasteiger partial charge in [-0.1, -0.05) is 81.5 Å². The molecule has 0 bridgehead atoms. The molecule has 0 spiro atoms. The van der Waals surface area contributed by atoms with E-state index in [2.05, 4.69) is 103 Å². The molecule has 0 radical (unpaired) electrons. The molecule has 0 atom stereocenters. The second-order valence-electron chi connectivity index (χ2n) is 12.6. The maximum Gasteiger partial charge on any atom is 0.123 e. The van der Waals surface area contributed by atoms with Crippen molar-refractivity contribution in [2.45, 2.75) is 52.0 Å². The summed E-state index contributed by atoms with van der Waals surface area (Å²) in [5, 5.41) is 12.5. The standard InChI is InChI=1S/C43H43N5O2/c1-4-5-6-7-8-11-30-47-45-42-39(26-27-40(43(42)46-47)41-38-13-10-9-12-31(38)28-29-44-41)32-14-16-33(17-15-32)48(34-18-22-36(49-2)23-19-34)35-20-24-37(50-3)25-21-35/h9-10,12-29H,4-8,11,30H2,1-3H3. The zero-order valence-electron chi connectivity index (χ0n) is 29.0. The lowest BCUT2D eigenvalue weighted by Crippen LogP contribution is -2.09. The van der Waals surface area contributed by atoms with E-state index >= 15 is 0 Å². The highest BCUT2D eigenvalue weighted by Crippen LogP contribution is 2.39. The zero-order chi connectivity index (χ0) is 34.3. The van der Waals surface area contributed by atoms with E-state index in [4.69, 9.17) is 24.7 Å². The maximum absolute atomic E-state index is 5.44. The van der Waals surface area contributed by atoms with Crippen molar-refractivity contribution in [3.63, 3.8) is 0 Å². The lowest BCUT2D eigenvalue weighted by molar-refractivity contribution is 0.415. The van der Waals surface area contributed by atoms with Crippen LogP contribution in [0.2, 0.25) is 0 Å².